The second-order valence-corrected chi connectivity index (χ2v) is 6.60. The molecule has 0 aromatic carbocycles. The summed E-state index contributed by atoms with van der Waals surface area (Å²) in [4.78, 5) is 0.301. The van der Waals surface area contributed by atoms with Gasteiger partial charge >= 0.3 is 0 Å². The molecular formula is C11H20N4O2S. The van der Waals surface area contributed by atoms with Gasteiger partial charge in [0.1, 0.15) is 4.90 Å². The van der Waals surface area contributed by atoms with Gasteiger partial charge in [-0.05, 0) is 26.2 Å². The highest BCUT2D eigenvalue weighted by Crippen LogP contribution is 2.31. The molecule has 1 heterocycles. The molecule has 2 unspecified atom stereocenters. The predicted octanol–water partition coefficient (Wildman–Crippen LogP) is 0.145. The Bertz CT molecular complexity index is 550. The third-order valence-electron chi connectivity index (χ3n) is 3.34. The lowest BCUT2D eigenvalue weighted by atomic mass is 10.4. The number of nitrogens with one attached hydrogen (secondary N) is 1. The van der Waals surface area contributed by atoms with Crippen molar-refractivity contribution in [2.45, 2.75) is 44.7 Å². The van der Waals surface area contributed by atoms with Crippen LogP contribution in [-0.4, -0.2) is 30.8 Å². The molecule has 0 amide bonds. The van der Waals surface area contributed by atoms with E-state index >= 15 is 0 Å². The summed E-state index contributed by atoms with van der Waals surface area (Å²) in [6.45, 7) is 6.48. The van der Waals surface area contributed by atoms with Crippen molar-refractivity contribution in [3.05, 3.63) is 11.4 Å². The van der Waals surface area contributed by atoms with Crippen LogP contribution in [0.5, 0.6) is 0 Å². The molecule has 1 fully saturated rings. The third-order valence-corrected chi connectivity index (χ3v) is 5.08. The number of aryl methyl sites for hydroxylation is 1. The lowest BCUT2D eigenvalue weighted by molar-refractivity contribution is 0.574. The third kappa shape index (κ3) is 2.43. The fraction of sp³-hybridized carbons (Fsp3) is 0.727. The van der Waals surface area contributed by atoms with Crippen LogP contribution in [0, 0.1) is 19.8 Å². The number of hydrogen-bond donors (Lipinski definition) is 2. The summed E-state index contributed by atoms with van der Waals surface area (Å²) in [5.41, 5.74) is 6.66. The van der Waals surface area contributed by atoms with E-state index in [1.165, 1.54) is 0 Å². The first kappa shape index (κ1) is 13.5. The Hall–Kier alpha value is -0.920. The van der Waals surface area contributed by atoms with Crippen LogP contribution in [0.25, 0.3) is 0 Å². The number of hydrogen-bond acceptors (Lipinski definition) is 4. The van der Waals surface area contributed by atoms with Crippen LogP contribution in [-0.2, 0) is 16.6 Å². The Morgan fingerprint density at radius 1 is 1.50 bits per heavy atom. The highest BCUT2D eigenvalue weighted by Gasteiger charge is 2.38. The molecule has 3 N–H and O–H groups in total. The van der Waals surface area contributed by atoms with Crippen LogP contribution < -0.4 is 10.5 Å². The van der Waals surface area contributed by atoms with E-state index < -0.39 is 10.0 Å². The molecule has 1 saturated carbocycles. The molecule has 2 atom stereocenters. The van der Waals surface area contributed by atoms with Crippen LogP contribution in [0.3, 0.4) is 0 Å². The van der Waals surface area contributed by atoms with Crippen molar-refractivity contribution in [1.82, 2.24) is 14.5 Å². The van der Waals surface area contributed by atoms with E-state index in [9.17, 15) is 8.42 Å². The van der Waals surface area contributed by atoms with Crippen molar-refractivity contribution in [3.8, 4) is 0 Å². The summed E-state index contributed by atoms with van der Waals surface area (Å²) in [5, 5.41) is 4.23. The molecule has 6 nitrogen and oxygen atoms in total. The van der Waals surface area contributed by atoms with E-state index in [1.807, 2.05) is 6.92 Å². The van der Waals surface area contributed by atoms with E-state index in [0.29, 0.717) is 35.3 Å². The molecule has 0 saturated heterocycles. The van der Waals surface area contributed by atoms with Gasteiger partial charge in [-0.1, -0.05) is 6.92 Å². The van der Waals surface area contributed by atoms with Gasteiger partial charge in [-0.2, -0.15) is 5.10 Å². The minimum atomic E-state index is -3.46. The fourth-order valence-electron chi connectivity index (χ4n) is 2.15. The standard InChI is InChI=1S/C11H20N4O2S/c1-7-6-10(7)14-18(16,17)11-8(2)13-15(5-4-12)9(11)3/h7,10,14H,4-6,12H2,1-3H3. The average molecular weight is 272 g/mol. The average Bonchev–Trinajstić information content (AvgIpc) is 2.82. The van der Waals surface area contributed by atoms with E-state index in [0.717, 1.165) is 6.42 Å². The van der Waals surface area contributed by atoms with Crippen molar-refractivity contribution < 1.29 is 8.42 Å². The summed E-state index contributed by atoms with van der Waals surface area (Å²) in [7, 11) is -3.46. The van der Waals surface area contributed by atoms with Crippen LogP contribution in [0.1, 0.15) is 24.7 Å². The summed E-state index contributed by atoms with van der Waals surface area (Å²) < 4.78 is 29.0. The molecule has 0 spiro atoms. The van der Waals surface area contributed by atoms with Gasteiger partial charge in [-0.15, -0.1) is 0 Å². The van der Waals surface area contributed by atoms with Crippen LogP contribution >= 0.6 is 0 Å². The summed E-state index contributed by atoms with van der Waals surface area (Å²) in [6.07, 6.45) is 0.911. The fourth-order valence-corrected chi connectivity index (χ4v) is 3.92. The molecule has 0 aliphatic heterocycles. The van der Waals surface area contributed by atoms with Gasteiger partial charge < -0.3 is 5.73 Å². The summed E-state index contributed by atoms with van der Waals surface area (Å²) in [6, 6.07) is 0.0756. The Morgan fingerprint density at radius 3 is 2.61 bits per heavy atom. The summed E-state index contributed by atoms with van der Waals surface area (Å²) >= 11 is 0. The lowest BCUT2D eigenvalue weighted by Crippen LogP contribution is -2.27. The topological polar surface area (TPSA) is 90.0 Å². The minimum absolute atomic E-state index is 0.0756. The van der Waals surface area contributed by atoms with Gasteiger partial charge in [0.25, 0.3) is 0 Å². The molecule has 102 valence electrons. The SMILES string of the molecule is Cc1nn(CCN)c(C)c1S(=O)(=O)NC1CC1C. The molecule has 18 heavy (non-hydrogen) atoms. The second kappa shape index (κ2) is 4.64. The Kier molecular flexibility index (Phi) is 3.48. The molecule has 1 aliphatic rings. The zero-order valence-corrected chi connectivity index (χ0v) is 11.8. The minimum Gasteiger partial charge on any atom is -0.329 e. The Balaban J connectivity index is 2.32. The highest BCUT2D eigenvalue weighted by molar-refractivity contribution is 7.89. The number of sulfonamides is 1. The van der Waals surface area contributed by atoms with Crippen molar-refractivity contribution in [3.63, 3.8) is 0 Å². The van der Waals surface area contributed by atoms with Crippen LogP contribution in [0.4, 0.5) is 0 Å². The zero-order valence-electron chi connectivity index (χ0n) is 11.0. The van der Waals surface area contributed by atoms with Gasteiger partial charge in [0, 0.05) is 12.6 Å². The molecule has 0 radical (unpaired) electrons. The quantitative estimate of drug-likeness (QED) is 0.798. The van der Waals surface area contributed by atoms with E-state index in [4.69, 9.17) is 5.73 Å². The van der Waals surface area contributed by atoms with Crippen molar-refractivity contribution >= 4 is 10.0 Å². The van der Waals surface area contributed by atoms with E-state index in [-0.39, 0.29) is 6.04 Å². The maximum absolute atomic E-state index is 12.3. The maximum Gasteiger partial charge on any atom is 0.244 e. The zero-order chi connectivity index (χ0) is 13.5. The normalized spacial score (nSPS) is 23.3. The highest BCUT2D eigenvalue weighted by atomic mass is 32.2. The maximum atomic E-state index is 12.3. The Morgan fingerprint density at radius 2 is 2.11 bits per heavy atom. The second-order valence-electron chi connectivity index (χ2n) is 4.95. The first-order valence-corrected chi connectivity index (χ1v) is 7.61. The van der Waals surface area contributed by atoms with Crippen molar-refractivity contribution in [2.24, 2.45) is 11.7 Å². The van der Waals surface area contributed by atoms with Crippen molar-refractivity contribution in [2.75, 3.05) is 6.54 Å². The number of nitrogens with two attached hydrogens (primary N) is 1. The number of nitrogens with zero attached hydrogens (tertiary/aromatic N) is 2. The molecular weight excluding hydrogens is 252 g/mol. The first-order chi connectivity index (χ1) is 8.36. The molecule has 0 bridgehead atoms. The largest absolute Gasteiger partial charge is 0.329 e. The molecule has 1 aromatic heterocycles. The van der Waals surface area contributed by atoms with Gasteiger partial charge in [0.15, 0.2) is 0 Å². The molecule has 1 aromatic rings. The van der Waals surface area contributed by atoms with Gasteiger partial charge in [-0.25, -0.2) is 13.1 Å². The van der Waals surface area contributed by atoms with Crippen LogP contribution in [0.2, 0.25) is 0 Å². The molecule has 2 rings (SSSR count). The van der Waals surface area contributed by atoms with Crippen molar-refractivity contribution in [1.29, 1.82) is 0 Å². The van der Waals surface area contributed by atoms with Gasteiger partial charge in [0.2, 0.25) is 10.0 Å². The lowest BCUT2D eigenvalue weighted by Gasteiger charge is -2.07. The van der Waals surface area contributed by atoms with E-state index in [1.54, 1.807) is 18.5 Å². The first-order valence-electron chi connectivity index (χ1n) is 6.13. The molecule has 7 heteroatoms. The van der Waals surface area contributed by atoms with E-state index in [2.05, 4.69) is 9.82 Å². The molecule has 1 aliphatic carbocycles. The van der Waals surface area contributed by atoms with Gasteiger partial charge in [-0.3, -0.25) is 4.68 Å². The summed E-state index contributed by atoms with van der Waals surface area (Å²) in [5.74, 6) is 0.430. The smallest absolute Gasteiger partial charge is 0.244 e. The monoisotopic (exact) mass is 272 g/mol. The van der Waals surface area contributed by atoms with Crippen LogP contribution in [0.15, 0.2) is 4.90 Å². The van der Waals surface area contributed by atoms with Gasteiger partial charge in [0.05, 0.1) is 17.9 Å². The predicted molar refractivity (Wildman–Crippen MR) is 68.6 cm³/mol. The Labute approximate surface area is 108 Å². The number of aromatic nitrogens is 2. The number of rotatable bonds is 5.